The molecular weight excluding hydrogens is 317 g/mol. The summed E-state index contributed by atoms with van der Waals surface area (Å²) in [5, 5.41) is 7.23. The third-order valence-corrected chi connectivity index (χ3v) is 4.53. The zero-order chi connectivity index (χ0) is 15.0. The second-order valence-corrected chi connectivity index (χ2v) is 6.39. The van der Waals surface area contributed by atoms with E-state index in [1.165, 1.54) is 36.4 Å². The molecule has 0 unspecified atom stereocenters. The Morgan fingerprint density at radius 3 is 2.76 bits per heavy atom. The number of aromatic nitrogens is 2. The maximum Gasteiger partial charge on any atom is 0.261 e. The van der Waals surface area contributed by atoms with Gasteiger partial charge in [0.05, 0.1) is 16.1 Å². The summed E-state index contributed by atoms with van der Waals surface area (Å²) in [6, 6.07) is 9.56. The highest BCUT2D eigenvalue weighted by Crippen LogP contribution is 2.25. The van der Waals surface area contributed by atoms with E-state index in [-0.39, 0.29) is 15.7 Å². The van der Waals surface area contributed by atoms with Crippen LogP contribution in [0.1, 0.15) is 0 Å². The highest BCUT2D eigenvalue weighted by atomic mass is 35.5. The summed E-state index contributed by atoms with van der Waals surface area (Å²) in [6.07, 6.45) is 0. The lowest BCUT2D eigenvalue weighted by atomic mass is 10.3. The van der Waals surface area contributed by atoms with E-state index in [0.29, 0.717) is 10.9 Å². The minimum Gasteiger partial charge on any atom is -0.280 e. The first kappa shape index (κ1) is 13.8. The number of fused-ring (bicyclic) bond motifs is 1. The van der Waals surface area contributed by atoms with Gasteiger partial charge in [0.15, 0.2) is 0 Å². The van der Waals surface area contributed by atoms with Gasteiger partial charge in [0.2, 0.25) is 0 Å². The first-order chi connectivity index (χ1) is 9.95. The van der Waals surface area contributed by atoms with Crippen molar-refractivity contribution in [2.75, 3.05) is 4.72 Å². The summed E-state index contributed by atoms with van der Waals surface area (Å²) in [5.41, 5.74) is 0.707. The molecule has 0 amide bonds. The summed E-state index contributed by atoms with van der Waals surface area (Å²) in [6.45, 7) is 0. The van der Waals surface area contributed by atoms with Crippen LogP contribution in [-0.4, -0.2) is 18.6 Å². The molecule has 0 fully saturated rings. The number of anilines is 1. The van der Waals surface area contributed by atoms with Crippen LogP contribution in [-0.2, 0) is 10.0 Å². The van der Waals surface area contributed by atoms with Gasteiger partial charge in [-0.3, -0.25) is 9.82 Å². The van der Waals surface area contributed by atoms with Gasteiger partial charge in [0.1, 0.15) is 11.0 Å². The number of rotatable bonds is 3. The molecule has 21 heavy (non-hydrogen) atoms. The minimum absolute atomic E-state index is 0.0163. The average molecular weight is 326 g/mol. The summed E-state index contributed by atoms with van der Waals surface area (Å²) < 4.78 is 40.0. The molecule has 0 atom stereocenters. The molecule has 0 aliphatic heterocycles. The monoisotopic (exact) mass is 325 g/mol. The van der Waals surface area contributed by atoms with Gasteiger partial charge < -0.3 is 0 Å². The van der Waals surface area contributed by atoms with Crippen LogP contribution in [0.5, 0.6) is 0 Å². The Morgan fingerprint density at radius 2 is 2.00 bits per heavy atom. The van der Waals surface area contributed by atoms with E-state index in [2.05, 4.69) is 14.9 Å². The summed E-state index contributed by atoms with van der Waals surface area (Å²) in [7, 11) is -3.83. The van der Waals surface area contributed by atoms with Crippen LogP contribution in [0, 0.1) is 5.82 Å². The predicted molar refractivity (Wildman–Crippen MR) is 78.3 cm³/mol. The Bertz CT molecular complexity index is 924. The molecule has 0 aliphatic rings. The second kappa shape index (κ2) is 5.01. The Hall–Kier alpha value is -2.12. The Kier molecular flexibility index (Phi) is 3.30. The molecule has 0 radical (unpaired) electrons. The van der Waals surface area contributed by atoms with Crippen molar-refractivity contribution in [3.8, 4) is 0 Å². The number of sulfonamides is 1. The van der Waals surface area contributed by atoms with Crippen molar-refractivity contribution in [2.45, 2.75) is 4.90 Å². The van der Waals surface area contributed by atoms with E-state index in [0.717, 1.165) is 6.07 Å². The molecule has 2 aromatic carbocycles. The van der Waals surface area contributed by atoms with Gasteiger partial charge in [-0.2, -0.15) is 5.10 Å². The van der Waals surface area contributed by atoms with Crippen LogP contribution >= 0.6 is 11.6 Å². The molecule has 0 saturated carbocycles. The number of halogens is 2. The van der Waals surface area contributed by atoms with Crippen molar-refractivity contribution in [3.63, 3.8) is 0 Å². The van der Waals surface area contributed by atoms with Gasteiger partial charge in [-0.1, -0.05) is 17.7 Å². The number of nitrogens with one attached hydrogen (secondary N) is 2. The van der Waals surface area contributed by atoms with E-state index in [1.54, 1.807) is 0 Å². The summed E-state index contributed by atoms with van der Waals surface area (Å²) in [4.78, 5) is 0.0163. The molecule has 0 aliphatic carbocycles. The Balaban J connectivity index is 2.01. The van der Waals surface area contributed by atoms with Crippen LogP contribution < -0.4 is 4.72 Å². The van der Waals surface area contributed by atoms with Gasteiger partial charge in [-0.25, -0.2) is 12.8 Å². The molecule has 108 valence electrons. The highest BCUT2D eigenvalue weighted by molar-refractivity contribution is 7.92. The molecule has 5 nitrogen and oxygen atoms in total. The van der Waals surface area contributed by atoms with Crippen LogP contribution in [0.4, 0.5) is 10.1 Å². The van der Waals surface area contributed by atoms with Gasteiger partial charge in [-0.15, -0.1) is 0 Å². The fourth-order valence-electron chi connectivity index (χ4n) is 1.89. The number of aromatic amines is 1. The molecule has 0 saturated heterocycles. The fourth-order valence-corrected chi connectivity index (χ4v) is 3.16. The number of H-pyrrole nitrogens is 1. The summed E-state index contributed by atoms with van der Waals surface area (Å²) >= 11 is 5.89. The van der Waals surface area contributed by atoms with E-state index < -0.39 is 15.8 Å². The first-order valence-corrected chi connectivity index (χ1v) is 7.74. The fraction of sp³-hybridized carbons (Fsp3) is 0. The predicted octanol–water partition coefficient (Wildman–Crippen LogP) is 3.16. The topological polar surface area (TPSA) is 74.8 Å². The van der Waals surface area contributed by atoms with Crippen LogP contribution in [0.25, 0.3) is 10.9 Å². The van der Waals surface area contributed by atoms with E-state index in [9.17, 15) is 12.8 Å². The molecule has 0 bridgehead atoms. The maximum absolute atomic E-state index is 13.1. The van der Waals surface area contributed by atoms with E-state index in [1.807, 2.05) is 0 Å². The third kappa shape index (κ3) is 2.70. The number of benzene rings is 2. The van der Waals surface area contributed by atoms with Crippen molar-refractivity contribution < 1.29 is 12.8 Å². The average Bonchev–Trinajstić information content (AvgIpc) is 2.79. The van der Waals surface area contributed by atoms with E-state index in [4.69, 9.17) is 11.6 Å². The molecule has 3 rings (SSSR count). The Morgan fingerprint density at radius 1 is 1.19 bits per heavy atom. The van der Waals surface area contributed by atoms with Crippen LogP contribution in [0.15, 0.2) is 47.4 Å². The van der Waals surface area contributed by atoms with Gasteiger partial charge in [0.25, 0.3) is 10.0 Å². The molecule has 1 heterocycles. The zero-order valence-electron chi connectivity index (χ0n) is 10.5. The highest BCUT2D eigenvalue weighted by Gasteiger charge is 2.16. The zero-order valence-corrected chi connectivity index (χ0v) is 12.0. The molecule has 2 N–H and O–H groups in total. The largest absolute Gasteiger partial charge is 0.280 e. The molecule has 1 aromatic heterocycles. The molecule has 3 aromatic rings. The standard InChI is InChI=1S/C13H9ClFN3O2S/c14-13-11-7-10(4-5-12(11)16-17-13)21(19,20)18-9-3-1-2-8(15)6-9/h1-7,18H,(H,16,17). The lowest BCUT2D eigenvalue weighted by Crippen LogP contribution is -2.12. The second-order valence-electron chi connectivity index (χ2n) is 4.33. The smallest absolute Gasteiger partial charge is 0.261 e. The first-order valence-electron chi connectivity index (χ1n) is 5.88. The van der Waals surface area contributed by atoms with Crippen molar-refractivity contribution in [1.82, 2.24) is 10.2 Å². The minimum atomic E-state index is -3.83. The SMILES string of the molecule is O=S(=O)(Nc1cccc(F)c1)c1ccc2n[nH]c(Cl)c2c1. The molecule has 8 heteroatoms. The molecular formula is C13H9ClFN3O2S. The number of hydrogen-bond donors (Lipinski definition) is 2. The van der Waals surface area contributed by atoms with Crippen molar-refractivity contribution >= 4 is 38.2 Å². The van der Waals surface area contributed by atoms with Crippen molar-refractivity contribution in [2.24, 2.45) is 0 Å². The maximum atomic E-state index is 13.1. The van der Waals surface area contributed by atoms with Gasteiger partial charge in [-0.05, 0) is 36.4 Å². The third-order valence-electron chi connectivity index (χ3n) is 2.87. The lowest BCUT2D eigenvalue weighted by molar-refractivity contribution is 0.601. The van der Waals surface area contributed by atoms with Crippen LogP contribution in [0.2, 0.25) is 5.15 Å². The molecule has 0 spiro atoms. The Labute approximate surface area is 124 Å². The quantitative estimate of drug-likeness (QED) is 0.776. The van der Waals surface area contributed by atoms with Gasteiger partial charge >= 0.3 is 0 Å². The van der Waals surface area contributed by atoms with E-state index >= 15 is 0 Å². The summed E-state index contributed by atoms with van der Waals surface area (Å²) in [5.74, 6) is -0.525. The number of nitrogens with zero attached hydrogens (tertiary/aromatic N) is 1. The van der Waals surface area contributed by atoms with Crippen LogP contribution in [0.3, 0.4) is 0 Å². The van der Waals surface area contributed by atoms with Crippen molar-refractivity contribution in [1.29, 1.82) is 0 Å². The number of hydrogen-bond acceptors (Lipinski definition) is 3. The lowest BCUT2D eigenvalue weighted by Gasteiger charge is -2.08. The normalized spacial score (nSPS) is 11.7. The van der Waals surface area contributed by atoms with Crippen molar-refractivity contribution in [3.05, 3.63) is 53.4 Å². The van der Waals surface area contributed by atoms with Gasteiger partial charge in [0, 0.05) is 5.39 Å².